The molecule has 3 atom stereocenters. The van der Waals surface area contributed by atoms with Gasteiger partial charge in [-0.3, -0.25) is 14.4 Å². The van der Waals surface area contributed by atoms with Crippen molar-refractivity contribution in [3.8, 4) is 0 Å². The second kappa shape index (κ2) is 12.8. The van der Waals surface area contributed by atoms with Crippen molar-refractivity contribution < 1.29 is 84.5 Å². The zero-order valence-corrected chi connectivity index (χ0v) is 17.9. The Kier molecular flexibility index (Phi) is 12.0. The fraction of sp³-hybridized carbons (Fsp3) is 0.333. The first-order chi connectivity index (χ1) is 13.6. The molecule has 0 heterocycles. The molecule has 0 saturated carbocycles. The van der Waals surface area contributed by atoms with Gasteiger partial charge in [0, 0.05) is 11.1 Å². The molecule has 1 aromatic carbocycles. The van der Waals surface area contributed by atoms with E-state index in [-0.39, 0.29) is 29.6 Å². The third kappa shape index (κ3) is 6.35. The maximum atomic E-state index is 12.6. The number of benzene rings is 1. The van der Waals surface area contributed by atoms with Crippen molar-refractivity contribution in [3.63, 3.8) is 0 Å². The minimum absolute atomic E-state index is 0. The average Bonchev–Trinajstić information content (AvgIpc) is 2.73. The fourth-order valence-electron chi connectivity index (χ4n) is 2.39. The average molecular weight is 434 g/mol. The van der Waals surface area contributed by atoms with Gasteiger partial charge >= 0.3 is 29.6 Å². The molecule has 11 nitrogen and oxygen atoms in total. The predicted molar refractivity (Wildman–Crippen MR) is 92.0 cm³/mol. The number of carbonyl (C=O) groups is 4. The van der Waals surface area contributed by atoms with E-state index in [0.717, 1.165) is 12.1 Å². The van der Waals surface area contributed by atoms with Gasteiger partial charge in [0.25, 0.3) is 0 Å². The molecule has 0 radical (unpaired) electrons. The van der Waals surface area contributed by atoms with Gasteiger partial charge in [-0.05, 0) is 5.56 Å². The zero-order chi connectivity index (χ0) is 22.3. The van der Waals surface area contributed by atoms with Crippen LogP contribution in [0.15, 0.2) is 29.8 Å². The number of carbonyl (C=O) groups excluding carboxylic acids is 4. The molecule has 1 aromatic rings. The first-order valence-corrected chi connectivity index (χ1v) is 8.16. The topological polar surface area (TPSA) is 213 Å². The second-order valence-corrected chi connectivity index (χ2v) is 5.77. The molecule has 0 amide bonds. The number of Topliss-reactive ketones (excluding diaryl/α,β-unsaturated/α-hetero) is 3. The summed E-state index contributed by atoms with van der Waals surface area (Å²) >= 11 is 0. The standard InChI is InChI=1S/C18H20O11.Na/c19-5-10(22)15(25)9-4-2-1-3-8(9)13(16(26)11(23)6-20)14(18(28)29)17(27)12(24)7-21;/h1-4,10-12,19-24H,5-7H2,(H,28,29);/q;+1/p-1. The van der Waals surface area contributed by atoms with E-state index in [2.05, 4.69) is 0 Å². The summed E-state index contributed by atoms with van der Waals surface area (Å²) in [7, 11) is 0. The fourth-order valence-corrected chi connectivity index (χ4v) is 2.39. The Morgan fingerprint density at radius 3 is 1.63 bits per heavy atom. The molecule has 0 fully saturated rings. The molecule has 6 N–H and O–H groups in total. The quantitative estimate of drug-likeness (QED) is 0.0633. The molecule has 0 spiro atoms. The van der Waals surface area contributed by atoms with Crippen molar-refractivity contribution >= 4 is 28.9 Å². The predicted octanol–water partition coefficient (Wildman–Crippen LogP) is -7.43. The summed E-state index contributed by atoms with van der Waals surface area (Å²) in [5.74, 6) is -6.55. The van der Waals surface area contributed by atoms with E-state index in [1.807, 2.05) is 0 Å². The Balaban J connectivity index is 0.00000841. The van der Waals surface area contributed by atoms with Crippen LogP contribution < -0.4 is 34.7 Å². The van der Waals surface area contributed by atoms with Crippen molar-refractivity contribution in [2.75, 3.05) is 19.8 Å². The molecule has 30 heavy (non-hydrogen) atoms. The van der Waals surface area contributed by atoms with Crippen LogP contribution in [-0.4, -0.2) is 92.1 Å². The molecule has 3 unspecified atom stereocenters. The van der Waals surface area contributed by atoms with E-state index < -0.39 is 83.7 Å². The zero-order valence-electron chi connectivity index (χ0n) is 15.9. The Labute approximate surface area is 192 Å². The minimum atomic E-state index is -2.26. The Hall–Kier alpha value is -1.80. The van der Waals surface area contributed by atoms with Crippen LogP contribution in [0.1, 0.15) is 15.9 Å². The molecule has 158 valence electrons. The number of carboxylic acid groups (broad SMARTS) is 1. The number of hydrogen-bond donors (Lipinski definition) is 6. The molecule has 12 heteroatoms. The van der Waals surface area contributed by atoms with Crippen LogP contribution >= 0.6 is 0 Å². The molecular formula is C18H19NaO11. The van der Waals surface area contributed by atoms with E-state index in [0.29, 0.717) is 0 Å². The van der Waals surface area contributed by atoms with Gasteiger partial charge in [-0.25, -0.2) is 0 Å². The van der Waals surface area contributed by atoms with Crippen LogP contribution in [0.3, 0.4) is 0 Å². The van der Waals surface area contributed by atoms with E-state index in [1.165, 1.54) is 12.1 Å². The molecule has 0 bridgehead atoms. The monoisotopic (exact) mass is 434 g/mol. The van der Waals surface area contributed by atoms with Gasteiger partial charge in [0.2, 0.25) is 0 Å². The van der Waals surface area contributed by atoms with Gasteiger partial charge in [0.1, 0.15) is 18.3 Å². The smallest absolute Gasteiger partial charge is 0.545 e. The van der Waals surface area contributed by atoms with Crippen molar-refractivity contribution in [3.05, 3.63) is 41.0 Å². The minimum Gasteiger partial charge on any atom is -0.545 e. The van der Waals surface area contributed by atoms with E-state index >= 15 is 0 Å². The third-order valence-electron chi connectivity index (χ3n) is 3.84. The van der Waals surface area contributed by atoms with Crippen molar-refractivity contribution in [1.29, 1.82) is 0 Å². The number of ketones is 3. The molecule has 0 aliphatic carbocycles. The summed E-state index contributed by atoms with van der Waals surface area (Å²) < 4.78 is 0. The van der Waals surface area contributed by atoms with Crippen LogP contribution in [0.25, 0.3) is 5.57 Å². The number of hydrogen-bond acceptors (Lipinski definition) is 11. The first-order valence-electron chi connectivity index (χ1n) is 8.16. The molecule has 0 aliphatic rings. The summed E-state index contributed by atoms with van der Waals surface area (Å²) in [6.07, 6.45) is -6.41. The molecule has 0 aromatic heterocycles. The van der Waals surface area contributed by atoms with E-state index in [9.17, 15) is 39.6 Å². The second-order valence-electron chi connectivity index (χ2n) is 5.77. The summed E-state index contributed by atoms with van der Waals surface area (Å²) in [6, 6.07) is 4.57. The van der Waals surface area contributed by atoms with E-state index in [1.54, 1.807) is 0 Å². The summed E-state index contributed by atoms with van der Waals surface area (Å²) in [5.41, 5.74) is -3.58. The summed E-state index contributed by atoms with van der Waals surface area (Å²) in [5, 5.41) is 67.4. The van der Waals surface area contributed by atoms with Gasteiger partial charge in [-0.2, -0.15) is 0 Å². The summed E-state index contributed by atoms with van der Waals surface area (Å²) in [6.45, 7) is -3.38. The van der Waals surface area contributed by atoms with Crippen LogP contribution in [0.4, 0.5) is 0 Å². The Morgan fingerprint density at radius 1 is 0.767 bits per heavy atom. The number of rotatable bonds is 11. The number of carboxylic acids is 1. The number of aliphatic hydroxyl groups excluding tert-OH is 6. The molecular weight excluding hydrogens is 415 g/mol. The Bertz CT molecular complexity index is 833. The van der Waals surface area contributed by atoms with Crippen LogP contribution in [0.2, 0.25) is 0 Å². The maximum Gasteiger partial charge on any atom is 1.00 e. The van der Waals surface area contributed by atoms with Crippen LogP contribution in [-0.2, 0) is 14.4 Å². The van der Waals surface area contributed by atoms with Gasteiger partial charge in [0.15, 0.2) is 17.3 Å². The third-order valence-corrected chi connectivity index (χ3v) is 3.84. The SMILES string of the molecule is O=C([O-])C(C(=O)C(O)CO)=C(C(=O)C(O)CO)c1ccccc1C(=O)C(O)CO.[Na+]. The number of aliphatic hydroxyl groups is 6. The van der Waals surface area contributed by atoms with Gasteiger partial charge < -0.3 is 40.5 Å². The molecule has 1 rings (SSSR count). The molecule has 0 aliphatic heterocycles. The largest absolute Gasteiger partial charge is 1.00 e. The van der Waals surface area contributed by atoms with Crippen LogP contribution in [0.5, 0.6) is 0 Å². The van der Waals surface area contributed by atoms with Crippen molar-refractivity contribution in [1.82, 2.24) is 0 Å². The van der Waals surface area contributed by atoms with E-state index in [4.69, 9.17) is 15.3 Å². The Morgan fingerprint density at radius 2 is 1.20 bits per heavy atom. The number of aliphatic carboxylic acids is 1. The van der Waals surface area contributed by atoms with Crippen molar-refractivity contribution in [2.24, 2.45) is 0 Å². The van der Waals surface area contributed by atoms with Crippen LogP contribution in [0, 0.1) is 0 Å². The van der Waals surface area contributed by atoms with Gasteiger partial charge in [-0.15, -0.1) is 0 Å². The molecule has 0 saturated heterocycles. The van der Waals surface area contributed by atoms with Crippen molar-refractivity contribution in [2.45, 2.75) is 18.3 Å². The summed E-state index contributed by atoms with van der Waals surface area (Å²) in [4.78, 5) is 48.8. The van der Waals surface area contributed by atoms with Gasteiger partial charge in [-0.1, -0.05) is 24.3 Å². The normalized spacial score (nSPS) is 14.6. The van der Waals surface area contributed by atoms with Gasteiger partial charge in [0.05, 0.1) is 31.4 Å². The maximum absolute atomic E-state index is 12.6. The first kappa shape index (κ1) is 28.2.